The van der Waals surface area contributed by atoms with Crippen LogP contribution in [0.15, 0.2) is 0 Å². The Labute approximate surface area is 68.1 Å². The molecule has 1 saturated carbocycles. The van der Waals surface area contributed by atoms with Crippen molar-refractivity contribution in [1.82, 2.24) is 4.90 Å². The molecule has 0 spiro atoms. The molecule has 0 atom stereocenters. The van der Waals surface area contributed by atoms with Gasteiger partial charge >= 0.3 is 0 Å². The Morgan fingerprint density at radius 2 is 2.27 bits per heavy atom. The normalized spacial score (nSPS) is 17.3. The van der Waals surface area contributed by atoms with Gasteiger partial charge in [0.2, 0.25) is 0 Å². The molecule has 11 heavy (non-hydrogen) atoms. The summed E-state index contributed by atoms with van der Waals surface area (Å²) in [5.41, 5.74) is 5.24. The minimum atomic E-state index is 0.314. The first-order valence-corrected chi connectivity index (χ1v) is 4.23. The SMILES string of the molecule is CN(CCCC(=N)N)C1CC1. The summed E-state index contributed by atoms with van der Waals surface area (Å²) in [5.74, 6) is 0.314. The van der Waals surface area contributed by atoms with E-state index in [1.165, 1.54) is 12.8 Å². The van der Waals surface area contributed by atoms with Gasteiger partial charge in [0.15, 0.2) is 0 Å². The van der Waals surface area contributed by atoms with E-state index < -0.39 is 0 Å². The number of nitrogens with zero attached hydrogens (tertiary/aromatic N) is 1. The van der Waals surface area contributed by atoms with Gasteiger partial charge in [0.1, 0.15) is 0 Å². The Hall–Kier alpha value is -0.570. The van der Waals surface area contributed by atoms with Crippen molar-refractivity contribution < 1.29 is 0 Å². The molecule has 0 bridgehead atoms. The van der Waals surface area contributed by atoms with Crippen molar-refractivity contribution in [2.24, 2.45) is 5.73 Å². The van der Waals surface area contributed by atoms with Crippen LogP contribution >= 0.6 is 0 Å². The van der Waals surface area contributed by atoms with E-state index in [-0.39, 0.29) is 0 Å². The van der Waals surface area contributed by atoms with E-state index in [2.05, 4.69) is 11.9 Å². The van der Waals surface area contributed by atoms with Crippen molar-refractivity contribution in [2.45, 2.75) is 31.7 Å². The third-order valence-corrected chi connectivity index (χ3v) is 2.13. The smallest absolute Gasteiger partial charge is 0.0905 e. The van der Waals surface area contributed by atoms with Crippen molar-refractivity contribution in [2.75, 3.05) is 13.6 Å². The van der Waals surface area contributed by atoms with E-state index in [1.807, 2.05) is 0 Å². The van der Waals surface area contributed by atoms with E-state index >= 15 is 0 Å². The molecule has 64 valence electrons. The fraction of sp³-hybridized carbons (Fsp3) is 0.875. The maximum Gasteiger partial charge on any atom is 0.0905 e. The van der Waals surface area contributed by atoms with Gasteiger partial charge in [-0.2, -0.15) is 0 Å². The summed E-state index contributed by atoms with van der Waals surface area (Å²) in [7, 11) is 2.15. The summed E-state index contributed by atoms with van der Waals surface area (Å²) in [6.07, 6.45) is 4.49. The molecule has 0 aliphatic heterocycles. The van der Waals surface area contributed by atoms with Crippen LogP contribution in [-0.4, -0.2) is 30.4 Å². The molecule has 0 aromatic rings. The van der Waals surface area contributed by atoms with Gasteiger partial charge in [0.25, 0.3) is 0 Å². The predicted molar refractivity (Wildman–Crippen MR) is 46.8 cm³/mol. The molecule has 3 nitrogen and oxygen atoms in total. The second-order valence-corrected chi connectivity index (χ2v) is 3.34. The van der Waals surface area contributed by atoms with Gasteiger partial charge in [-0.05, 0) is 32.9 Å². The van der Waals surface area contributed by atoms with Crippen molar-refractivity contribution in [3.05, 3.63) is 0 Å². The van der Waals surface area contributed by atoms with Crippen LogP contribution in [0.25, 0.3) is 0 Å². The topological polar surface area (TPSA) is 53.1 Å². The summed E-state index contributed by atoms with van der Waals surface area (Å²) in [5, 5.41) is 7.02. The number of amidine groups is 1. The lowest BCUT2D eigenvalue weighted by Gasteiger charge is -2.14. The molecule has 0 amide bonds. The number of nitrogens with one attached hydrogen (secondary N) is 1. The molecule has 1 aliphatic carbocycles. The summed E-state index contributed by atoms with van der Waals surface area (Å²) in [4.78, 5) is 2.36. The van der Waals surface area contributed by atoms with Gasteiger partial charge in [0, 0.05) is 12.5 Å². The maximum atomic E-state index is 7.02. The van der Waals surface area contributed by atoms with Crippen LogP contribution in [0.5, 0.6) is 0 Å². The molecule has 0 aromatic carbocycles. The zero-order valence-corrected chi connectivity index (χ0v) is 7.14. The van der Waals surface area contributed by atoms with Gasteiger partial charge in [-0.1, -0.05) is 0 Å². The lowest BCUT2D eigenvalue weighted by atomic mass is 10.3. The number of nitrogens with two attached hydrogens (primary N) is 1. The molecule has 0 heterocycles. The monoisotopic (exact) mass is 155 g/mol. The highest BCUT2D eigenvalue weighted by Gasteiger charge is 2.25. The third kappa shape index (κ3) is 3.37. The van der Waals surface area contributed by atoms with Gasteiger partial charge in [-0.25, -0.2) is 0 Å². The molecule has 0 radical (unpaired) electrons. The van der Waals surface area contributed by atoms with Crippen LogP contribution < -0.4 is 5.73 Å². The Balaban J connectivity index is 1.97. The van der Waals surface area contributed by atoms with Gasteiger partial charge in [0.05, 0.1) is 5.84 Å². The van der Waals surface area contributed by atoms with Crippen LogP contribution in [0.1, 0.15) is 25.7 Å². The Morgan fingerprint density at radius 3 is 2.73 bits per heavy atom. The van der Waals surface area contributed by atoms with Crippen molar-refractivity contribution >= 4 is 5.84 Å². The average molecular weight is 155 g/mol. The predicted octanol–water partition coefficient (Wildman–Crippen LogP) is 0.797. The summed E-state index contributed by atoms with van der Waals surface area (Å²) in [6, 6.07) is 0.835. The van der Waals surface area contributed by atoms with Crippen LogP contribution in [0.3, 0.4) is 0 Å². The molecule has 3 N–H and O–H groups in total. The minimum absolute atomic E-state index is 0.314. The van der Waals surface area contributed by atoms with Crippen LogP contribution in [-0.2, 0) is 0 Å². The second-order valence-electron chi connectivity index (χ2n) is 3.34. The lowest BCUT2D eigenvalue weighted by molar-refractivity contribution is 0.321. The molecule has 3 heteroatoms. The molecular weight excluding hydrogens is 138 g/mol. The van der Waals surface area contributed by atoms with E-state index in [0.29, 0.717) is 5.84 Å². The highest BCUT2D eigenvalue weighted by molar-refractivity contribution is 5.76. The Bertz CT molecular complexity index is 140. The van der Waals surface area contributed by atoms with Crippen LogP contribution in [0.2, 0.25) is 0 Å². The van der Waals surface area contributed by atoms with E-state index in [0.717, 1.165) is 25.4 Å². The summed E-state index contributed by atoms with van der Waals surface area (Å²) >= 11 is 0. The quantitative estimate of drug-likeness (QED) is 0.455. The zero-order chi connectivity index (χ0) is 8.27. The molecule has 0 unspecified atom stereocenters. The van der Waals surface area contributed by atoms with Crippen LogP contribution in [0.4, 0.5) is 0 Å². The summed E-state index contributed by atoms with van der Waals surface area (Å²) in [6.45, 7) is 1.09. The van der Waals surface area contributed by atoms with E-state index in [9.17, 15) is 0 Å². The Morgan fingerprint density at radius 1 is 1.64 bits per heavy atom. The largest absolute Gasteiger partial charge is 0.388 e. The standard InChI is InChI=1S/C8H17N3/c1-11(7-4-5-7)6-2-3-8(9)10/h7H,2-6H2,1H3,(H3,9,10). The lowest BCUT2D eigenvalue weighted by Crippen LogP contribution is -2.23. The fourth-order valence-electron chi connectivity index (χ4n) is 1.22. The minimum Gasteiger partial charge on any atom is -0.388 e. The molecular formula is C8H17N3. The van der Waals surface area contributed by atoms with Crippen molar-refractivity contribution in [1.29, 1.82) is 5.41 Å². The highest BCUT2D eigenvalue weighted by atomic mass is 15.1. The second kappa shape index (κ2) is 3.72. The fourth-order valence-corrected chi connectivity index (χ4v) is 1.22. The first-order valence-electron chi connectivity index (χ1n) is 4.23. The third-order valence-electron chi connectivity index (χ3n) is 2.13. The molecule has 1 aliphatic rings. The summed E-state index contributed by atoms with van der Waals surface area (Å²) < 4.78 is 0. The van der Waals surface area contributed by atoms with E-state index in [1.54, 1.807) is 0 Å². The van der Waals surface area contributed by atoms with Gasteiger partial charge < -0.3 is 10.6 Å². The molecule has 1 rings (SSSR count). The highest BCUT2D eigenvalue weighted by Crippen LogP contribution is 2.25. The van der Waals surface area contributed by atoms with Crippen molar-refractivity contribution in [3.8, 4) is 0 Å². The first-order chi connectivity index (χ1) is 5.20. The molecule has 0 aromatic heterocycles. The number of hydrogen-bond donors (Lipinski definition) is 2. The Kier molecular flexibility index (Phi) is 2.88. The number of rotatable bonds is 5. The first kappa shape index (κ1) is 8.53. The van der Waals surface area contributed by atoms with Gasteiger partial charge in [-0.15, -0.1) is 0 Å². The van der Waals surface area contributed by atoms with E-state index in [4.69, 9.17) is 11.1 Å². The van der Waals surface area contributed by atoms with Crippen LogP contribution in [0, 0.1) is 5.41 Å². The van der Waals surface area contributed by atoms with Crippen molar-refractivity contribution in [3.63, 3.8) is 0 Å². The zero-order valence-electron chi connectivity index (χ0n) is 7.14. The maximum absolute atomic E-state index is 7.02. The number of hydrogen-bond acceptors (Lipinski definition) is 2. The molecule has 0 saturated heterocycles. The molecule has 1 fully saturated rings. The average Bonchev–Trinajstić information content (AvgIpc) is 2.66. The van der Waals surface area contributed by atoms with Gasteiger partial charge in [-0.3, -0.25) is 5.41 Å².